The minimum atomic E-state index is -1.23. The van der Waals surface area contributed by atoms with Crippen LogP contribution in [0.4, 0.5) is 0 Å². The van der Waals surface area contributed by atoms with E-state index in [1.165, 1.54) is 0 Å². The van der Waals surface area contributed by atoms with Gasteiger partial charge in [-0.1, -0.05) is 45.8 Å². The van der Waals surface area contributed by atoms with Crippen molar-refractivity contribution in [1.29, 1.82) is 0 Å². The molecule has 0 aliphatic carbocycles. The molecule has 28 heavy (non-hydrogen) atoms. The average Bonchev–Trinajstić information content (AvgIpc) is 2.71. The number of benzene rings is 2. The summed E-state index contributed by atoms with van der Waals surface area (Å²) in [6.07, 6.45) is -1.07. The van der Waals surface area contributed by atoms with Crippen LogP contribution >= 0.6 is 15.9 Å². The highest BCUT2D eigenvalue weighted by molar-refractivity contribution is 9.09. The molecule has 5 nitrogen and oxygen atoms in total. The number of aryl methyl sites for hydroxylation is 1. The molecule has 2 aromatic rings. The Balaban J connectivity index is 1.81. The molecule has 3 rings (SSSR count). The molecule has 0 radical (unpaired) electrons. The standard InChI is InChI=1S/C21H25BrO5S/c1-14-4-10-17(11-5-14)28(24)12-18-19(22)21(2,13-23)27-20(26-18)15-6-8-16(25-3)9-7-15/h4-11,18-20,23H,12-13H2,1-3H3/t18-,19-,20-,21+,28?/m0/s1. The van der Waals surface area contributed by atoms with E-state index >= 15 is 0 Å². The lowest BCUT2D eigenvalue weighted by atomic mass is 9.97. The first-order valence-electron chi connectivity index (χ1n) is 9.03. The second kappa shape index (κ2) is 9.05. The average molecular weight is 469 g/mol. The number of methoxy groups -OCH3 is 1. The van der Waals surface area contributed by atoms with Crippen LogP contribution in [-0.2, 0) is 20.3 Å². The maximum atomic E-state index is 12.9. The lowest BCUT2D eigenvalue weighted by Gasteiger charge is -2.45. The van der Waals surface area contributed by atoms with Gasteiger partial charge >= 0.3 is 0 Å². The van der Waals surface area contributed by atoms with Crippen molar-refractivity contribution in [2.24, 2.45) is 0 Å². The van der Waals surface area contributed by atoms with Gasteiger partial charge in [-0.2, -0.15) is 0 Å². The Kier molecular flexibility index (Phi) is 6.94. The summed E-state index contributed by atoms with van der Waals surface area (Å²) >= 11 is 3.61. The number of aliphatic hydroxyl groups is 1. The van der Waals surface area contributed by atoms with Gasteiger partial charge in [-0.25, -0.2) is 0 Å². The van der Waals surface area contributed by atoms with Gasteiger partial charge in [-0.3, -0.25) is 4.21 Å². The van der Waals surface area contributed by atoms with E-state index in [9.17, 15) is 9.32 Å². The van der Waals surface area contributed by atoms with Gasteiger partial charge in [0, 0.05) is 10.5 Å². The van der Waals surface area contributed by atoms with E-state index in [4.69, 9.17) is 14.2 Å². The molecule has 0 saturated carbocycles. The molecule has 2 aromatic carbocycles. The maximum Gasteiger partial charge on any atom is 0.185 e. The molecule has 0 amide bonds. The zero-order chi connectivity index (χ0) is 20.3. The van der Waals surface area contributed by atoms with Crippen molar-refractivity contribution >= 4 is 26.7 Å². The van der Waals surface area contributed by atoms with Crippen LogP contribution in [0.2, 0.25) is 0 Å². The number of halogens is 1. The monoisotopic (exact) mass is 468 g/mol. The van der Waals surface area contributed by atoms with Crippen LogP contribution in [0.3, 0.4) is 0 Å². The molecule has 1 aliphatic rings. The van der Waals surface area contributed by atoms with E-state index in [1.807, 2.05) is 62.4 Å². The Bertz CT molecular complexity index is 811. The van der Waals surface area contributed by atoms with Crippen LogP contribution in [-0.4, -0.2) is 45.3 Å². The van der Waals surface area contributed by atoms with E-state index < -0.39 is 28.8 Å². The van der Waals surface area contributed by atoms with Crippen molar-refractivity contribution in [2.45, 2.75) is 41.6 Å². The maximum absolute atomic E-state index is 12.9. The first-order chi connectivity index (χ1) is 13.4. The molecule has 0 aromatic heterocycles. The minimum absolute atomic E-state index is 0.188. The summed E-state index contributed by atoms with van der Waals surface area (Å²) in [7, 11) is 0.375. The zero-order valence-electron chi connectivity index (χ0n) is 16.1. The summed E-state index contributed by atoms with van der Waals surface area (Å²) < 4.78 is 30.3. The molecular weight excluding hydrogens is 444 g/mol. The molecule has 1 saturated heterocycles. The molecule has 0 spiro atoms. The van der Waals surface area contributed by atoms with Crippen LogP contribution in [0.15, 0.2) is 53.4 Å². The van der Waals surface area contributed by atoms with Crippen molar-refractivity contribution in [3.8, 4) is 5.75 Å². The van der Waals surface area contributed by atoms with Crippen LogP contribution in [0, 0.1) is 6.92 Å². The second-order valence-corrected chi connectivity index (χ2v) is 9.58. The third-order valence-corrected chi connectivity index (χ3v) is 7.87. The SMILES string of the molecule is COc1ccc([C@H]2O[C@@H](CS(=O)c3ccc(C)cc3)[C@H](Br)[C@@](C)(CO)O2)cc1. The fourth-order valence-electron chi connectivity index (χ4n) is 3.05. The Morgan fingerprint density at radius 2 is 1.82 bits per heavy atom. The van der Waals surface area contributed by atoms with Crippen LogP contribution in [0.1, 0.15) is 24.3 Å². The van der Waals surface area contributed by atoms with Gasteiger partial charge in [0.2, 0.25) is 0 Å². The Labute approximate surface area is 176 Å². The first-order valence-corrected chi connectivity index (χ1v) is 11.3. The predicted molar refractivity (Wildman–Crippen MR) is 112 cm³/mol. The number of alkyl halides is 1. The molecule has 152 valence electrons. The Morgan fingerprint density at radius 1 is 1.18 bits per heavy atom. The molecule has 1 heterocycles. The van der Waals surface area contributed by atoms with Gasteiger partial charge < -0.3 is 19.3 Å². The first kappa shape index (κ1) is 21.5. The summed E-state index contributed by atoms with van der Waals surface area (Å²) in [4.78, 5) is 0.445. The quantitative estimate of drug-likeness (QED) is 0.654. The van der Waals surface area contributed by atoms with Crippen LogP contribution in [0.5, 0.6) is 5.75 Å². The number of hydrogen-bond acceptors (Lipinski definition) is 5. The summed E-state index contributed by atoms with van der Waals surface area (Å²) in [6, 6.07) is 15.0. The minimum Gasteiger partial charge on any atom is -0.497 e. The zero-order valence-corrected chi connectivity index (χ0v) is 18.5. The van der Waals surface area contributed by atoms with Crippen LogP contribution in [0.25, 0.3) is 0 Å². The van der Waals surface area contributed by atoms with Crippen molar-refractivity contribution in [3.05, 3.63) is 59.7 Å². The lowest BCUT2D eigenvalue weighted by Crippen LogP contribution is -2.55. The molecule has 5 atom stereocenters. The van der Waals surface area contributed by atoms with Crippen molar-refractivity contribution < 1.29 is 23.5 Å². The summed E-state index contributed by atoms with van der Waals surface area (Å²) in [5, 5.41) is 9.96. The number of aliphatic hydroxyl groups excluding tert-OH is 1. The topological polar surface area (TPSA) is 65.0 Å². The van der Waals surface area contributed by atoms with E-state index in [2.05, 4.69) is 15.9 Å². The molecule has 0 bridgehead atoms. The van der Waals surface area contributed by atoms with Crippen LogP contribution < -0.4 is 4.74 Å². The third kappa shape index (κ3) is 4.66. The molecule has 1 unspecified atom stereocenters. The normalized spacial score (nSPS) is 28.7. The molecule has 1 aliphatic heterocycles. The third-order valence-electron chi connectivity index (χ3n) is 4.89. The van der Waals surface area contributed by atoms with Crippen molar-refractivity contribution in [1.82, 2.24) is 0 Å². The highest BCUT2D eigenvalue weighted by Crippen LogP contribution is 2.40. The molecule has 7 heteroatoms. The fourth-order valence-corrected chi connectivity index (χ4v) is 5.06. The van der Waals surface area contributed by atoms with Gasteiger partial charge in [0.15, 0.2) is 6.29 Å². The molecular formula is C21H25BrO5S. The van der Waals surface area contributed by atoms with Crippen molar-refractivity contribution in [3.63, 3.8) is 0 Å². The highest BCUT2D eigenvalue weighted by Gasteiger charge is 2.47. The van der Waals surface area contributed by atoms with Gasteiger partial charge in [-0.15, -0.1) is 0 Å². The predicted octanol–water partition coefficient (Wildman–Crippen LogP) is 3.74. The fraction of sp³-hybridized carbons (Fsp3) is 0.429. The summed E-state index contributed by atoms with van der Waals surface area (Å²) in [5.41, 5.74) is 1.06. The smallest absolute Gasteiger partial charge is 0.185 e. The van der Waals surface area contributed by atoms with E-state index in [0.717, 1.165) is 21.8 Å². The molecule has 1 N–H and O–H groups in total. The lowest BCUT2D eigenvalue weighted by molar-refractivity contribution is -0.280. The summed E-state index contributed by atoms with van der Waals surface area (Å²) in [5.74, 6) is 1.03. The van der Waals surface area contributed by atoms with E-state index in [0.29, 0.717) is 5.75 Å². The van der Waals surface area contributed by atoms with Crippen molar-refractivity contribution in [2.75, 3.05) is 19.5 Å². The largest absolute Gasteiger partial charge is 0.497 e. The van der Waals surface area contributed by atoms with Gasteiger partial charge in [0.1, 0.15) is 11.4 Å². The molecule has 1 fully saturated rings. The Hall–Kier alpha value is -1.25. The number of ether oxygens (including phenoxy) is 3. The Morgan fingerprint density at radius 3 is 2.39 bits per heavy atom. The number of hydrogen-bond donors (Lipinski definition) is 1. The summed E-state index contributed by atoms with van der Waals surface area (Å²) in [6.45, 7) is 3.63. The van der Waals surface area contributed by atoms with E-state index in [-0.39, 0.29) is 11.4 Å². The highest BCUT2D eigenvalue weighted by atomic mass is 79.9. The van der Waals surface area contributed by atoms with E-state index in [1.54, 1.807) is 7.11 Å². The second-order valence-electron chi connectivity index (χ2n) is 7.10. The van der Waals surface area contributed by atoms with Gasteiger partial charge in [-0.05, 0) is 38.1 Å². The van der Waals surface area contributed by atoms with Gasteiger partial charge in [0.05, 0.1) is 41.2 Å². The number of rotatable bonds is 6. The van der Waals surface area contributed by atoms with Gasteiger partial charge in [0.25, 0.3) is 0 Å².